The summed E-state index contributed by atoms with van der Waals surface area (Å²) in [6, 6.07) is 12.0. The van der Waals surface area contributed by atoms with Crippen LogP contribution in [0.4, 0.5) is 14.5 Å². The van der Waals surface area contributed by atoms with Crippen molar-refractivity contribution in [3.8, 4) is 11.5 Å². The van der Waals surface area contributed by atoms with Crippen LogP contribution in [-0.4, -0.2) is 23.9 Å². The Hall–Kier alpha value is -2.45. The second-order valence-electron chi connectivity index (χ2n) is 5.64. The van der Waals surface area contributed by atoms with Crippen LogP contribution in [0.2, 0.25) is 0 Å². The summed E-state index contributed by atoms with van der Waals surface area (Å²) in [7, 11) is 1.36. The minimum atomic E-state index is -2.95. The Morgan fingerprint density at radius 1 is 1.15 bits per heavy atom. The molecule has 1 heterocycles. The van der Waals surface area contributed by atoms with E-state index < -0.39 is 6.61 Å². The fourth-order valence-electron chi connectivity index (χ4n) is 2.50. The number of benzene rings is 2. The standard InChI is InChI=1S/C19H15F2NO3S2/c1-11-3-6-13(7-4-11)22-17(23)16(27-19(22)26)10-12-5-8-14(25-18(20)21)15(9-12)24-2/h3-10,18H,1-2H3/b16-10+. The Balaban J connectivity index is 1.88. The zero-order valence-corrected chi connectivity index (χ0v) is 16.1. The van der Waals surface area contributed by atoms with Gasteiger partial charge in [0.1, 0.15) is 0 Å². The topological polar surface area (TPSA) is 38.8 Å². The molecule has 1 amide bonds. The van der Waals surface area contributed by atoms with Crippen LogP contribution in [0.3, 0.4) is 0 Å². The van der Waals surface area contributed by atoms with Gasteiger partial charge in [0.2, 0.25) is 0 Å². The zero-order chi connectivity index (χ0) is 19.6. The molecule has 0 aromatic heterocycles. The Kier molecular flexibility index (Phi) is 5.76. The van der Waals surface area contributed by atoms with Gasteiger partial charge in [0.25, 0.3) is 5.91 Å². The Labute approximate surface area is 164 Å². The van der Waals surface area contributed by atoms with E-state index >= 15 is 0 Å². The van der Waals surface area contributed by atoms with E-state index in [4.69, 9.17) is 17.0 Å². The molecular formula is C19H15F2NO3S2. The third kappa shape index (κ3) is 4.28. The molecule has 0 aliphatic carbocycles. The largest absolute Gasteiger partial charge is 0.493 e. The van der Waals surface area contributed by atoms with Gasteiger partial charge in [0.15, 0.2) is 15.8 Å². The van der Waals surface area contributed by atoms with Gasteiger partial charge in [-0.2, -0.15) is 8.78 Å². The predicted molar refractivity (Wildman–Crippen MR) is 106 cm³/mol. The van der Waals surface area contributed by atoms with Gasteiger partial charge in [-0.05, 0) is 42.8 Å². The smallest absolute Gasteiger partial charge is 0.387 e. The van der Waals surface area contributed by atoms with Gasteiger partial charge in [-0.15, -0.1) is 0 Å². The molecule has 1 saturated heterocycles. The molecule has 3 rings (SSSR count). The van der Waals surface area contributed by atoms with Gasteiger partial charge in [-0.3, -0.25) is 9.69 Å². The number of ether oxygens (including phenoxy) is 2. The number of amides is 1. The number of alkyl halides is 2. The Bertz CT molecular complexity index is 914. The molecule has 2 aromatic rings. The summed E-state index contributed by atoms with van der Waals surface area (Å²) in [5.41, 5.74) is 2.39. The van der Waals surface area contributed by atoms with E-state index in [1.54, 1.807) is 12.1 Å². The number of methoxy groups -OCH3 is 1. The van der Waals surface area contributed by atoms with Crippen molar-refractivity contribution in [3.05, 3.63) is 58.5 Å². The van der Waals surface area contributed by atoms with Crippen LogP contribution in [0.5, 0.6) is 11.5 Å². The maximum Gasteiger partial charge on any atom is 0.387 e. The summed E-state index contributed by atoms with van der Waals surface area (Å²) in [4.78, 5) is 14.7. The van der Waals surface area contributed by atoms with E-state index in [0.717, 1.165) is 5.56 Å². The van der Waals surface area contributed by atoms with Crippen molar-refractivity contribution in [2.75, 3.05) is 12.0 Å². The number of nitrogens with zero attached hydrogens (tertiary/aromatic N) is 1. The molecule has 0 unspecified atom stereocenters. The predicted octanol–water partition coefficient (Wildman–Crippen LogP) is 5.01. The number of carbonyl (C=O) groups is 1. The maximum absolute atomic E-state index is 12.8. The molecule has 0 N–H and O–H groups in total. The monoisotopic (exact) mass is 407 g/mol. The number of hydrogen-bond donors (Lipinski definition) is 0. The van der Waals surface area contributed by atoms with Gasteiger partial charge >= 0.3 is 6.61 Å². The molecule has 140 valence electrons. The second-order valence-corrected chi connectivity index (χ2v) is 7.32. The van der Waals surface area contributed by atoms with Crippen LogP contribution < -0.4 is 14.4 Å². The van der Waals surface area contributed by atoms with Gasteiger partial charge < -0.3 is 9.47 Å². The lowest BCUT2D eigenvalue weighted by atomic mass is 10.1. The highest BCUT2D eigenvalue weighted by molar-refractivity contribution is 8.27. The van der Waals surface area contributed by atoms with E-state index in [1.165, 1.54) is 35.9 Å². The molecule has 1 aliphatic heterocycles. The molecule has 8 heteroatoms. The van der Waals surface area contributed by atoms with Crippen molar-refractivity contribution in [2.45, 2.75) is 13.5 Å². The van der Waals surface area contributed by atoms with Gasteiger partial charge in [0.05, 0.1) is 17.7 Å². The van der Waals surface area contributed by atoms with Crippen molar-refractivity contribution in [3.63, 3.8) is 0 Å². The SMILES string of the molecule is COc1cc(/C=C2/SC(=S)N(c3ccc(C)cc3)C2=O)ccc1OC(F)F. The van der Waals surface area contributed by atoms with Crippen LogP contribution in [-0.2, 0) is 4.79 Å². The maximum atomic E-state index is 12.8. The molecule has 0 bridgehead atoms. The number of halogens is 2. The van der Waals surface area contributed by atoms with Crippen molar-refractivity contribution in [1.29, 1.82) is 0 Å². The Morgan fingerprint density at radius 2 is 1.85 bits per heavy atom. The van der Waals surface area contributed by atoms with Crippen LogP contribution in [0.1, 0.15) is 11.1 Å². The van der Waals surface area contributed by atoms with E-state index in [-0.39, 0.29) is 17.4 Å². The van der Waals surface area contributed by atoms with E-state index in [1.807, 2.05) is 31.2 Å². The van der Waals surface area contributed by atoms with Crippen LogP contribution in [0.25, 0.3) is 6.08 Å². The molecule has 0 atom stereocenters. The Morgan fingerprint density at radius 3 is 2.48 bits per heavy atom. The molecule has 27 heavy (non-hydrogen) atoms. The zero-order valence-electron chi connectivity index (χ0n) is 14.4. The normalized spacial score (nSPS) is 15.7. The van der Waals surface area contributed by atoms with E-state index in [9.17, 15) is 13.6 Å². The first-order chi connectivity index (χ1) is 12.9. The van der Waals surface area contributed by atoms with E-state index in [2.05, 4.69) is 4.74 Å². The molecule has 1 aliphatic rings. The second kappa shape index (κ2) is 8.06. The van der Waals surface area contributed by atoms with Crippen LogP contribution >= 0.6 is 24.0 Å². The summed E-state index contributed by atoms with van der Waals surface area (Å²) >= 11 is 6.52. The molecule has 0 spiro atoms. The first kappa shape index (κ1) is 19.3. The number of aryl methyl sites for hydroxylation is 1. The number of carbonyl (C=O) groups excluding carboxylic acids is 1. The van der Waals surface area contributed by atoms with E-state index in [0.29, 0.717) is 20.5 Å². The van der Waals surface area contributed by atoms with Crippen molar-refractivity contribution in [1.82, 2.24) is 0 Å². The number of anilines is 1. The molecule has 0 radical (unpaired) electrons. The fourth-order valence-corrected chi connectivity index (χ4v) is 3.80. The lowest BCUT2D eigenvalue weighted by Crippen LogP contribution is -2.27. The van der Waals surface area contributed by atoms with Crippen LogP contribution in [0, 0.1) is 6.92 Å². The highest BCUT2D eigenvalue weighted by atomic mass is 32.2. The molecule has 1 fully saturated rings. The molecular weight excluding hydrogens is 392 g/mol. The minimum absolute atomic E-state index is 0.0724. The van der Waals surface area contributed by atoms with Crippen LogP contribution in [0.15, 0.2) is 47.4 Å². The third-order valence-corrected chi connectivity index (χ3v) is 5.09. The number of hydrogen-bond acceptors (Lipinski definition) is 5. The number of rotatable bonds is 5. The highest BCUT2D eigenvalue weighted by Crippen LogP contribution is 2.37. The van der Waals surface area contributed by atoms with Gasteiger partial charge in [0, 0.05) is 0 Å². The third-order valence-electron chi connectivity index (χ3n) is 3.79. The molecule has 0 saturated carbocycles. The number of thioether (sulfide) groups is 1. The average molecular weight is 407 g/mol. The first-order valence-electron chi connectivity index (χ1n) is 7.86. The lowest BCUT2D eigenvalue weighted by Gasteiger charge is -2.14. The highest BCUT2D eigenvalue weighted by Gasteiger charge is 2.33. The first-order valence-corrected chi connectivity index (χ1v) is 9.09. The van der Waals surface area contributed by atoms with Crippen molar-refractivity contribution >= 4 is 46.0 Å². The lowest BCUT2D eigenvalue weighted by molar-refractivity contribution is -0.113. The fraction of sp³-hybridized carbons (Fsp3) is 0.158. The molecule has 2 aromatic carbocycles. The van der Waals surface area contributed by atoms with Gasteiger partial charge in [-0.1, -0.05) is 47.7 Å². The summed E-state index contributed by atoms with van der Waals surface area (Å²) in [6.07, 6.45) is 1.64. The van der Waals surface area contributed by atoms with Crippen molar-refractivity contribution < 1.29 is 23.0 Å². The number of thiocarbonyl (C=S) groups is 1. The van der Waals surface area contributed by atoms with Gasteiger partial charge in [-0.25, -0.2) is 0 Å². The summed E-state index contributed by atoms with van der Waals surface area (Å²) < 4.78 is 34.8. The summed E-state index contributed by atoms with van der Waals surface area (Å²) in [5.74, 6) is -0.157. The summed E-state index contributed by atoms with van der Waals surface area (Å²) in [5, 5.41) is 0. The minimum Gasteiger partial charge on any atom is -0.493 e. The molecule has 4 nitrogen and oxygen atoms in total. The summed E-state index contributed by atoms with van der Waals surface area (Å²) in [6.45, 7) is -0.988. The average Bonchev–Trinajstić information content (AvgIpc) is 2.90. The quantitative estimate of drug-likeness (QED) is 0.515. The van der Waals surface area contributed by atoms with Crippen molar-refractivity contribution in [2.24, 2.45) is 0 Å².